The maximum atomic E-state index is 12.8. The SMILES string of the molecule is OCc1cnc2nc(-c3nc(C(F)(F)F)n[nH]3)c(-c3cnc[nH]3)n2c1. The van der Waals surface area contributed by atoms with Gasteiger partial charge in [0.2, 0.25) is 5.78 Å². The smallest absolute Gasteiger partial charge is 0.392 e. The van der Waals surface area contributed by atoms with Gasteiger partial charge in [0, 0.05) is 18.0 Å². The van der Waals surface area contributed by atoms with Crippen molar-refractivity contribution in [1.29, 1.82) is 0 Å². The number of nitrogens with one attached hydrogen (secondary N) is 2. The number of rotatable bonds is 3. The molecule has 3 N–H and O–H groups in total. The third kappa shape index (κ3) is 2.52. The van der Waals surface area contributed by atoms with Crippen LogP contribution in [0.5, 0.6) is 0 Å². The number of imidazole rings is 2. The number of hydrogen-bond donors (Lipinski definition) is 3. The van der Waals surface area contributed by atoms with Gasteiger partial charge in [-0.15, -0.1) is 5.10 Å². The van der Waals surface area contributed by atoms with Gasteiger partial charge in [0.25, 0.3) is 5.82 Å². The fourth-order valence-corrected chi connectivity index (χ4v) is 2.36. The summed E-state index contributed by atoms with van der Waals surface area (Å²) in [5.41, 5.74) is 1.50. The normalized spacial score (nSPS) is 12.2. The summed E-state index contributed by atoms with van der Waals surface area (Å²) in [6, 6.07) is 0. The van der Waals surface area contributed by atoms with E-state index in [0.29, 0.717) is 17.0 Å². The molecule has 25 heavy (non-hydrogen) atoms. The Morgan fingerprint density at radius 3 is 2.68 bits per heavy atom. The molecule has 128 valence electrons. The van der Waals surface area contributed by atoms with Crippen molar-refractivity contribution in [3.8, 4) is 22.9 Å². The van der Waals surface area contributed by atoms with Crippen molar-refractivity contribution in [1.82, 2.24) is 39.5 Å². The Labute approximate surface area is 136 Å². The minimum absolute atomic E-state index is 0.120. The molecule has 0 spiro atoms. The highest BCUT2D eigenvalue weighted by molar-refractivity contribution is 5.76. The lowest BCUT2D eigenvalue weighted by Crippen LogP contribution is -2.07. The zero-order valence-corrected chi connectivity index (χ0v) is 12.3. The topological polar surface area (TPSA) is 121 Å². The zero-order chi connectivity index (χ0) is 17.6. The monoisotopic (exact) mass is 350 g/mol. The lowest BCUT2D eigenvalue weighted by atomic mass is 10.2. The number of aromatic amines is 2. The molecule has 0 saturated carbocycles. The van der Waals surface area contributed by atoms with Crippen molar-refractivity contribution in [3.63, 3.8) is 0 Å². The zero-order valence-electron chi connectivity index (χ0n) is 12.3. The van der Waals surface area contributed by atoms with Crippen LogP contribution in [-0.2, 0) is 12.8 Å². The van der Waals surface area contributed by atoms with E-state index in [2.05, 4.69) is 35.1 Å². The first-order valence-corrected chi connectivity index (χ1v) is 6.94. The van der Waals surface area contributed by atoms with Gasteiger partial charge in [0.1, 0.15) is 11.4 Å². The highest BCUT2D eigenvalue weighted by Gasteiger charge is 2.36. The van der Waals surface area contributed by atoms with Crippen LogP contribution < -0.4 is 0 Å². The molecule has 0 aliphatic carbocycles. The fraction of sp³-hybridized carbons (Fsp3) is 0.154. The van der Waals surface area contributed by atoms with Crippen LogP contribution in [0, 0.1) is 0 Å². The molecule has 0 aliphatic heterocycles. The lowest BCUT2D eigenvalue weighted by Gasteiger charge is -2.02. The molecule has 0 amide bonds. The number of hydrogen-bond acceptors (Lipinski definition) is 6. The Balaban J connectivity index is 1.97. The van der Waals surface area contributed by atoms with Crippen LogP contribution in [0.2, 0.25) is 0 Å². The Morgan fingerprint density at radius 1 is 1.20 bits per heavy atom. The first-order chi connectivity index (χ1) is 12.0. The average Bonchev–Trinajstić information content (AvgIpc) is 3.30. The van der Waals surface area contributed by atoms with E-state index < -0.39 is 12.0 Å². The molecule has 0 unspecified atom stereocenters. The molecule has 0 fully saturated rings. The van der Waals surface area contributed by atoms with E-state index >= 15 is 0 Å². The second kappa shape index (κ2) is 5.37. The minimum Gasteiger partial charge on any atom is -0.392 e. The summed E-state index contributed by atoms with van der Waals surface area (Å²) in [6.45, 7) is -0.251. The largest absolute Gasteiger partial charge is 0.453 e. The van der Waals surface area contributed by atoms with Crippen LogP contribution in [0.3, 0.4) is 0 Å². The third-order valence-corrected chi connectivity index (χ3v) is 3.43. The Bertz CT molecular complexity index is 1030. The maximum absolute atomic E-state index is 12.8. The molecule has 4 aromatic rings. The van der Waals surface area contributed by atoms with Crippen molar-refractivity contribution in [2.45, 2.75) is 12.8 Å². The Kier molecular flexibility index (Phi) is 3.28. The molecule has 0 bridgehead atoms. The van der Waals surface area contributed by atoms with Gasteiger partial charge in [-0.25, -0.2) is 19.9 Å². The molecule has 0 aromatic carbocycles. The van der Waals surface area contributed by atoms with Gasteiger partial charge in [-0.3, -0.25) is 9.50 Å². The second-order valence-electron chi connectivity index (χ2n) is 5.07. The molecule has 4 rings (SSSR count). The fourth-order valence-electron chi connectivity index (χ4n) is 2.36. The predicted molar refractivity (Wildman–Crippen MR) is 76.9 cm³/mol. The molecule has 0 saturated heterocycles. The van der Waals surface area contributed by atoms with E-state index in [1.165, 1.54) is 23.1 Å². The van der Waals surface area contributed by atoms with Gasteiger partial charge in [-0.2, -0.15) is 13.2 Å². The predicted octanol–water partition coefficient (Wildman–Crippen LogP) is 1.42. The number of halogens is 3. The van der Waals surface area contributed by atoms with E-state index in [-0.39, 0.29) is 23.9 Å². The number of nitrogens with zero attached hydrogens (tertiary/aromatic N) is 6. The van der Waals surface area contributed by atoms with Gasteiger partial charge >= 0.3 is 6.18 Å². The van der Waals surface area contributed by atoms with Crippen molar-refractivity contribution in [3.05, 3.63) is 36.3 Å². The van der Waals surface area contributed by atoms with E-state index in [0.717, 1.165) is 0 Å². The van der Waals surface area contributed by atoms with Crippen LogP contribution in [-0.4, -0.2) is 44.6 Å². The van der Waals surface area contributed by atoms with Crippen LogP contribution >= 0.6 is 0 Å². The Morgan fingerprint density at radius 2 is 2.04 bits per heavy atom. The number of aromatic nitrogens is 8. The summed E-state index contributed by atoms with van der Waals surface area (Å²) in [7, 11) is 0. The quantitative estimate of drug-likeness (QED) is 0.514. The second-order valence-corrected chi connectivity index (χ2v) is 5.07. The number of H-pyrrole nitrogens is 2. The van der Waals surface area contributed by atoms with Crippen LogP contribution in [0.25, 0.3) is 28.7 Å². The maximum Gasteiger partial charge on any atom is 0.453 e. The van der Waals surface area contributed by atoms with E-state index in [4.69, 9.17) is 0 Å². The summed E-state index contributed by atoms with van der Waals surface area (Å²) in [6.07, 6.45) is 1.23. The molecule has 4 heterocycles. The summed E-state index contributed by atoms with van der Waals surface area (Å²) >= 11 is 0. The highest BCUT2D eigenvalue weighted by Crippen LogP contribution is 2.32. The lowest BCUT2D eigenvalue weighted by molar-refractivity contribution is -0.144. The summed E-state index contributed by atoms with van der Waals surface area (Å²) in [5, 5.41) is 14.7. The number of alkyl halides is 3. The summed E-state index contributed by atoms with van der Waals surface area (Å²) in [4.78, 5) is 18.6. The first kappa shape index (κ1) is 15.3. The minimum atomic E-state index is -4.68. The number of aliphatic hydroxyl groups is 1. The van der Waals surface area contributed by atoms with E-state index in [9.17, 15) is 18.3 Å². The van der Waals surface area contributed by atoms with Gasteiger partial charge in [-0.05, 0) is 0 Å². The average molecular weight is 350 g/mol. The van der Waals surface area contributed by atoms with Gasteiger partial charge in [-0.1, -0.05) is 0 Å². The third-order valence-electron chi connectivity index (χ3n) is 3.43. The molecule has 4 aromatic heterocycles. The molecular formula is C13H9F3N8O. The molecule has 0 radical (unpaired) electrons. The van der Waals surface area contributed by atoms with E-state index in [1.54, 1.807) is 6.20 Å². The number of aliphatic hydroxyl groups excluding tert-OH is 1. The van der Waals surface area contributed by atoms with Crippen LogP contribution in [0.4, 0.5) is 13.2 Å². The van der Waals surface area contributed by atoms with E-state index in [1.807, 2.05) is 0 Å². The van der Waals surface area contributed by atoms with Gasteiger partial charge in [0.15, 0.2) is 5.82 Å². The summed E-state index contributed by atoms with van der Waals surface area (Å²) < 4.78 is 39.8. The van der Waals surface area contributed by atoms with Gasteiger partial charge < -0.3 is 10.1 Å². The molecule has 9 nitrogen and oxygen atoms in total. The van der Waals surface area contributed by atoms with Crippen molar-refractivity contribution < 1.29 is 18.3 Å². The molecule has 12 heteroatoms. The number of fused-ring (bicyclic) bond motifs is 1. The van der Waals surface area contributed by atoms with Crippen molar-refractivity contribution >= 4 is 5.78 Å². The molecule has 0 atom stereocenters. The Hall–Kier alpha value is -3.28. The van der Waals surface area contributed by atoms with Crippen molar-refractivity contribution in [2.75, 3.05) is 0 Å². The van der Waals surface area contributed by atoms with Crippen LogP contribution in [0.1, 0.15) is 11.4 Å². The molecule has 0 aliphatic rings. The first-order valence-electron chi connectivity index (χ1n) is 6.94. The molecular weight excluding hydrogens is 341 g/mol. The van der Waals surface area contributed by atoms with Crippen LogP contribution in [0.15, 0.2) is 24.9 Å². The van der Waals surface area contributed by atoms with Gasteiger partial charge in [0.05, 0.1) is 24.8 Å². The highest BCUT2D eigenvalue weighted by atomic mass is 19.4. The summed E-state index contributed by atoms with van der Waals surface area (Å²) in [5.74, 6) is -1.23. The van der Waals surface area contributed by atoms with Crippen molar-refractivity contribution in [2.24, 2.45) is 0 Å². The standard InChI is InChI=1S/C13H9F3N8O/c14-13(15,16)11-21-10(22-23-11)8-9(7-2-17-5-19-7)24-3-6(4-25)1-18-12(24)20-8/h1-3,5,25H,4H2,(H,17,19)(H,21,22,23).